The minimum atomic E-state index is -1.22. The molecule has 0 spiro atoms. The summed E-state index contributed by atoms with van der Waals surface area (Å²) in [6.07, 6.45) is 0.296. The van der Waals surface area contributed by atoms with E-state index in [1.165, 1.54) is 24.3 Å². The minimum absolute atomic E-state index is 0.131. The second-order valence-corrected chi connectivity index (χ2v) is 9.88. The van der Waals surface area contributed by atoms with Crippen molar-refractivity contribution >= 4 is 46.2 Å². The number of thiophene rings is 2. The van der Waals surface area contributed by atoms with Crippen LogP contribution in [0.4, 0.5) is 21.0 Å². The third-order valence-electron chi connectivity index (χ3n) is 5.31. The molecular weight excluding hydrogens is 490 g/mol. The summed E-state index contributed by atoms with van der Waals surface area (Å²) in [4.78, 5) is 40.4. The van der Waals surface area contributed by atoms with E-state index >= 15 is 0 Å². The number of nitro benzene ring substituents is 1. The summed E-state index contributed by atoms with van der Waals surface area (Å²) in [6, 6.07) is 12.4. The molecule has 3 aromatic rings. The zero-order valence-corrected chi connectivity index (χ0v) is 20.9. The second kappa shape index (κ2) is 12.9. The van der Waals surface area contributed by atoms with Crippen LogP contribution in [0.2, 0.25) is 0 Å². The highest BCUT2D eigenvalue weighted by Gasteiger charge is 2.28. The van der Waals surface area contributed by atoms with Crippen molar-refractivity contribution in [2.75, 3.05) is 11.5 Å². The van der Waals surface area contributed by atoms with E-state index in [1.54, 1.807) is 27.6 Å². The monoisotopic (exact) mass is 517 g/mol. The van der Waals surface area contributed by atoms with E-state index in [9.17, 15) is 24.8 Å². The van der Waals surface area contributed by atoms with Gasteiger partial charge in [0.05, 0.1) is 24.1 Å². The van der Waals surface area contributed by atoms with Gasteiger partial charge in [-0.05, 0) is 41.4 Å². The fraction of sp³-hybridized carbons (Fsp3) is 0.333. The molecule has 0 radical (unpaired) electrons. The van der Waals surface area contributed by atoms with Gasteiger partial charge in [0, 0.05) is 27.6 Å². The molecule has 1 aromatic carbocycles. The molecule has 0 saturated carbocycles. The molecule has 0 saturated heterocycles. The minimum Gasteiger partial charge on any atom is -0.465 e. The summed E-state index contributed by atoms with van der Waals surface area (Å²) in [5, 5.41) is 24.8. The zero-order valence-electron chi connectivity index (χ0n) is 19.2. The first-order valence-electron chi connectivity index (χ1n) is 11.1. The number of rotatable bonds is 12. The summed E-state index contributed by atoms with van der Waals surface area (Å²) in [5.41, 5.74) is 0.155. The number of carboxylic acid groups (broad SMARTS) is 1. The fourth-order valence-corrected chi connectivity index (χ4v) is 5.00. The Hall–Kier alpha value is -3.44. The van der Waals surface area contributed by atoms with E-state index in [1.807, 2.05) is 41.9 Å². The third kappa shape index (κ3) is 7.52. The van der Waals surface area contributed by atoms with E-state index < -0.39 is 23.2 Å². The number of amides is 2. The van der Waals surface area contributed by atoms with Gasteiger partial charge in [0.25, 0.3) is 5.69 Å². The van der Waals surface area contributed by atoms with Crippen LogP contribution in [-0.2, 0) is 17.8 Å². The maximum atomic E-state index is 13.1. The van der Waals surface area contributed by atoms with E-state index in [0.717, 1.165) is 27.5 Å². The fourth-order valence-electron chi connectivity index (χ4n) is 3.56. The number of nitro groups is 1. The first-order valence-corrected chi connectivity index (χ1v) is 12.9. The number of hydrogen-bond acceptors (Lipinski definition) is 7. The predicted octanol–water partition coefficient (Wildman–Crippen LogP) is 6.60. The van der Waals surface area contributed by atoms with E-state index in [2.05, 4.69) is 0 Å². The van der Waals surface area contributed by atoms with Crippen LogP contribution < -0.4 is 4.90 Å². The summed E-state index contributed by atoms with van der Waals surface area (Å²) < 4.78 is 5.66. The molecule has 35 heavy (non-hydrogen) atoms. The van der Waals surface area contributed by atoms with Crippen LogP contribution in [0.25, 0.3) is 0 Å². The van der Waals surface area contributed by atoms with Crippen LogP contribution in [-0.4, -0.2) is 39.8 Å². The Morgan fingerprint density at radius 1 is 1.06 bits per heavy atom. The van der Waals surface area contributed by atoms with Gasteiger partial charge in [0.15, 0.2) is 0 Å². The van der Waals surface area contributed by atoms with Gasteiger partial charge < -0.3 is 9.84 Å². The Balaban J connectivity index is 1.76. The normalized spacial score (nSPS) is 11.6. The smallest absolute Gasteiger partial charge is 0.412 e. The summed E-state index contributed by atoms with van der Waals surface area (Å²) >= 11 is 3.09. The molecule has 0 unspecified atom stereocenters. The number of hydrogen-bond donors (Lipinski definition) is 1. The molecule has 9 nitrogen and oxygen atoms in total. The number of carbonyl (C=O) groups excluding carboxylic acids is 1. The lowest BCUT2D eigenvalue weighted by atomic mass is 10.1. The van der Waals surface area contributed by atoms with Crippen molar-refractivity contribution in [3.05, 3.63) is 79.2 Å². The molecule has 1 atom stereocenters. The Kier molecular flexibility index (Phi) is 9.62. The first-order chi connectivity index (χ1) is 16.9. The van der Waals surface area contributed by atoms with Crippen LogP contribution in [0, 0.1) is 10.1 Å². The van der Waals surface area contributed by atoms with Crippen molar-refractivity contribution in [3.63, 3.8) is 0 Å². The van der Waals surface area contributed by atoms with Crippen molar-refractivity contribution in [2.45, 2.75) is 45.3 Å². The summed E-state index contributed by atoms with van der Waals surface area (Å²) in [7, 11) is 0. The lowest BCUT2D eigenvalue weighted by Gasteiger charge is -2.30. The molecule has 1 N–H and O–H groups in total. The lowest BCUT2D eigenvalue weighted by Crippen LogP contribution is -2.44. The average Bonchev–Trinajstić information content (AvgIpc) is 3.54. The molecule has 0 aliphatic carbocycles. The Morgan fingerprint density at radius 3 is 2.11 bits per heavy atom. The van der Waals surface area contributed by atoms with Gasteiger partial charge in [-0.25, -0.2) is 9.59 Å². The molecule has 2 heterocycles. The van der Waals surface area contributed by atoms with Crippen molar-refractivity contribution in [3.8, 4) is 0 Å². The van der Waals surface area contributed by atoms with Crippen LogP contribution in [0.15, 0.2) is 59.3 Å². The van der Waals surface area contributed by atoms with E-state index in [-0.39, 0.29) is 18.0 Å². The van der Waals surface area contributed by atoms with Gasteiger partial charge >= 0.3 is 12.2 Å². The Bertz CT molecular complexity index is 1050. The third-order valence-corrected chi connectivity index (χ3v) is 7.03. The number of non-ortho nitro benzene ring substituents is 1. The van der Waals surface area contributed by atoms with Crippen molar-refractivity contribution < 1.29 is 24.4 Å². The van der Waals surface area contributed by atoms with Gasteiger partial charge in [-0.1, -0.05) is 31.9 Å². The number of carbonyl (C=O) groups is 2. The lowest BCUT2D eigenvalue weighted by molar-refractivity contribution is -0.384. The number of ether oxygens (including phenoxy) is 1. The van der Waals surface area contributed by atoms with Crippen LogP contribution in [0.3, 0.4) is 0 Å². The van der Waals surface area contributed by atoms with Crippen molar-refractivity contribution in [2.24, 2.45) is 0 Å². The van der Waals surface area contributed by atoms with Gasteiger partial charge in [0.2, 0.25) is 0 Å². The molecule has 3 rings (SSSR count). The molecule has 11 heteroatoms. The van der Waals surface area contributed by atoms with Gasteiger partial charge in [-0.3, -0.25) is 19.9 Å². The van der Waals surface area contributed by atoms with Crippen LogP contribution >= 0.6 is 22.7 Å². The van der Waals surface area contributed by atoms with Gasteiger partial charge in [-0.15, -0.1) is 22.7 Å². The Morgan fingerprint density at radius 2 is 1.66 bits per heavy atom. The molecule has 0 aliphatic heterocycles. The molecule has 2 aromatic heterocycles. The SMILES string of the molecule is CCCC[C@@H](COC(=O)N(Cc1cccs1)Cc1cccs1)N(C(=O)O)c1ccc([N+](=O)[O-])cc1. The zero-order chi connectivity index (χ0) is 25.2. The molecule has 0 aliphatic rings. The quantitative estimate of drug-likeness (QED) is 0.214. The number of anilines is 1. The standard InChI is InChI=1S/C24H27N3O6S2/c1-2-3-6-20(26(23(28)29)18-9-11-19(12-10-18)27(31)32)17-33-24(30)25(15-21-7-4-13-34-21)16-22-8-5-14-35-22/h4-5,7-14,20H,2-3,6,15-17H2,1H3,(H,28,29)/t20-/m0/s1. The molecule has 0 fully saturated rings. The molecule has 186 valence electrons. The van der Waals surface area contributed by atoms with Gasteiger partial charge in [-0.2, -0.15) is 0 Å². The van der Waals surface area contributed by atoms with E-state index in [4.69, 9.17) is 4.74 Å². The highest BCUT2D eigenvalue weighted by atomic mass is 32.1. The predicted molar refractivity (Wildman–Crippen MR) is 136 cm³/mol. The average molecular weight is 518 g/mol. The second-order valence-electron chi connectivity index (χ2n) is 7.81. The largest absolute Gasteiger partial charge is 0.465 e. The topological polar surface area (TPSA) is 113 Å². The first kappa shape index (κ1) is 26.2. The van der Waals surface area contributed by atoms with Gasteiger partial charge in [0.1, 0.15) is 6.61 Å². The summed E-state index contributed by atoms with van der Waals surface area (Å²) in [6.45, 7) is 2.63. The van der Waals surface area contributed by atoms with Crippen LogP contribution in [0.5, 0.6) is 0 Å². The molecule has 2 amide bonds. The summed E-state index contributed by atoms with van der Waals surface area (Å²) in [5.74, 6) is 0. The maximum absolute atomic E-state index is 13.1. The number of unbranched alkanes of at least 4 members (excludes halogenated alkanes) is 1. The number of nitrogens with zero attached hydrogens (tertiary/aromatic N) is 3. The highest BCUT2D eigenvalue weighted by Crippen LogP contribution is 2.24. The van der Waals surface area contributed by atoms with E-state index in [0.29, 0.717) is 19.5 Å². The molecule has 0 bridgehead atoms. The van der Waals surface area contributed by atoms with Crippen molar-refractivity contribution in [1.82, 2.24) is 4.90 Å². The van der Waals surface area contributed by atoms with Crippen molar-refractivity contribution in [1.29, 1.82) is 0 Å². The maximum Gasteiger partial charge on any atom is 0.412 e. The van der Waals surface area contributed by atoms with Crippen LogP contribution in [0.1, 0.15) is 35.9 Å². The number of benzene rings is 1. The molecular formula is C24H27N3O6S2. The Labute approximate surface area is 211 Å². The highest BCUT2D eigenvalue weighted by molar-refractivity contribution is 7.10.